The molecule has 0 aliphatic carbocycles. The minimum atomic E-state index is 0.100. The molecule has 4 heteroatoms. The summed E-state index contributed by atoms with van der Waals surface area (Å²) in [7, 11) is 0. The van der Waals surface area contributed by atoms with Gasteiger partial charge in [-0.25, -0.2) is 0 Å². The molecule has 2 aromatic rings. The van der Waals surface area contributed by atoms with Crippen LogP contribution in [0.15, 0.2) is 48.5 Å². The number of benzene rings is 2. The average molecular weight is 358 g/mol. The van der Waals surface area contributed by atoms with Gasteiger partial charge >= 0.3 is 0 Å². The van der Waals surface area contributed by atoms with E-state index in [9.17, 15) is 4.79 Å². The van der Waals surface area contributed by atoms with E-state index in [-0.39, 0.29) is 5.91 Å². The number of hydrogen-bond acceptors (Lipinski definition) is 3. The maximum absolute atomic E-state index is 11.8. The van der Waals surface area contributed by atoms with E-state index in [1.807, 2.05) is 43.0 Å². The van der Waals surface area contributed by atoms with Crippen LogP contribution in [-0.2, 0) is 10.5 Å². The fourth-order valence-corrected chi connectivity index (χ4v) is 3.10. The van der Waals surface area contributed by atoms with Crippen molar-refractivity contribution in [3.05, 3.63) is 65.2 Å². The van der Waals surface area contributed by atoms with Gasteiger partial charge in [-0.15, -0.1) is 0 Å². The molecule has 0 atom stereocenters. The smallest absolute Gasteiger partial charge is 0.220 e. The van der Waals surface area contributed by atoms with Crippen LogP contribution in [0.25, 0.3) is 0 Å². The van der Waals surface area contributed by atoms with Crippen molar-refractivity contribution < 1.29 is 9.53 Å². The number of nitrogens with one attached hydrogen (secondary N) is 1. The number of thioether (sulfide) groups is 1. The van der Waals surface area contributed by atoms with Crippen LogP contribution in [0.2, 0.25) is 0 Å². The second-order valence-corrected chi connectivity index (χ2v) is 7.26. The van der Waals surface area contributed by atoms with Gasteiger partial charge in [0, 0.05) is 24.5 Å². The highest BCUT2D eigenvalue weighted by molar-refractivity contribution is 7.98. The molecule has 25 heavy (non-hydrogen) atoms. The molecule has 0 spiro atoms. The molecule has 0 fully saturated rings. The van der Waals surface area contributed by atoms with Crippen molar-refractivity contribution in [2.75, 3.05) is 18.9 Å². The third kappa shape index (κ3) is 8.12. The van der Waals surface area contributed by atoms with Crippen molar-refractivity contribution >= 4 is 17.7 Å². The Labute approximate surface area is 155 Å². The molecule has 3 nitrogen and oxygen atoms in total. The van der Waals surface area contributed by atoms with Crippen LogP contribution < -0.4 is 10.1 Å². The van der Waals surface area contributed by atoms with Gasteiger partial charge in [-0.1, -0.05) is 47.5 Å². The van der Waals surface area contributed by atoms with Gasteiger partial charge in [0.15, 0.2) is 0 Å². The number of carbonyl (C=O) groups is 1. The lowest BCUT2D eigenvalue weighted by atomic mass is 10.2. The van der Waals surface area contributed by atoms with Crippen molar-refractivity contribution in [3.8, 4) is 5.75 Å². The first-order valence-corrected chi connectivity index (χ1v) is 9.88. The Morgan fingerprint density at radius 2 is 1.64 bits per heavy atom. The largest absolute Gasteiger partial charge is 0.494 e. The van der Waals surface area contributed by atoms with Gasteiger partial charge in [0.1, 0.15) is 5.75 Å². The molecule has 0 saturated heterocycles. The minimum absolute atomic E-state index is 0.100. The fourth-order valence-electron chi connectivity index (χ4n) is 2.28. The lowest BCUT2D eigenvalue weighted by Gasteiger charge is -2.07. The molecule has 2 rings (SSSR count). The summed E-state index contributed by atoms with van der Waals surface area (Å²) in [5.41, 5.74) is 3.83. The minimum Gasteiger partial charge on any atom is -0.494 e. The highest BCUT2D eigenvalue weighted by Gasteiger charge is 2.01. The molecule has 0 bridgehead atoms. The first-order chi connectivity index (χ1) is 12.1. The zero-order valence-electron chi connectivity index (χ0n) is 15.1. The summed E-state index contributed by atoms with van der Waals surface area (Å²) in [5.74, 6) is 2.88. The third-order valence-corrected chi connectivity index (χ3v) is 4.83. The zero-order chi connectivity index (χ0) is 17.9. The van der Waals surface area contributed by atoms with Crippen LogP contribution in [0.4, 0.5) is 0 Å². The van der Waals surface area contributed by atoms with Gasteiger partial charge in [0.05, 0.1) is 6.61 Å². The van der Waals surface area contributed by atoms with E-state index < -0.39 is 0 Å². The zero-order valence-corrected chi connectivity index (χ0v) is 15.9. The second kappa shape index (κ2) is 10.8. The van der Waals surface area contributed by atoms with E-state index in [1.165, 1.54) is 16.7 Å². The van der Waals surface area contributed by atoms with Gasteiger partial charge in [-0.2, -0.15) is 11.8 Å². The number of amides is 1. The Balaban J connectivity index is 1.48. The molecule has 1 amide bonds. The summed E-state index contributed by atoms with van der Waals surface area (Å²) in [6, 6.07) is 16.6. The van der Waals surface area contributed by atoms with E-state index in [0.29, 0.717) is 19.6 Å². The van der Waals surface area contributed by atoms with Crippen molar-refractivity contribution in [1.82, 2.24) is 5.32 Å². The van der Waals surface area contributed by atoms with E-state index >= 15 is 0 Å². The molecule has 0 aliphatic rings. The predicted octanol–water partition coefficient (Wildman–Crippen LogP) is 4.51. The van der Waals surface area contributed by atoms with Crippen molar-refractivity contribution in [3.63, 3.8) is 0 Å². The first kappa shape index (κ1) is 19.4. The van der Waals surface area contributed by atoms with Crippen LogP contribution in [0.3, 0.4) is 0 Å². The molecule has 0 heterocycles. The summed E-state index contributed by atoms with van der Waals surface area (Å²) in [6.45, 7) is 5.43. The molecule has 0 unspecified atom stereocenters. The van der Waals surface area contributed by atoms with E-state index in [0.717, 1.165) is 23.7 Å². The molecule has 134 valence electrons. The van der Waals surface area contributed by atoms with Crippen LogP contribution in [0, 0.1) is 13.8 Å². The summed E-state index contributed by atoms with van der Waals surface area (Å²) >= 11 is 1.84. The Morgan fingerprint density at radius 1 is 1.00 bits per heavy atom. The molecule has 0 radical (unpaired) electrons. The van der Waals surface area contributed by atoms with Gasteiger partial charge in [-0.05, 0) is 38.0 Å². The van der Waals surface area contributed by atoms with E-state index in [4.69, 9.17) is 4.74 Å². The van der Waals surface area contributed by atoms with Gasteiger partial charge in [0.25, 0.3) is 0 Å². The first-order valence-electron chi connectivity index (χ1n) is 8.73. The van der Waals surface area contributed by atoms with Crippen LogP contribution in [0.1, 0.15) is 29.5 Å². The Hall–Kier alpha value is -1.94. The molecule has 1 N–H and O–H groups in total. The van der Waals surface area contributed by atoms with Crippen LogP contribution in [0.5, 0.6) is 5.75 Å². The third-order valence-electron chi connectivity index (χ3n) is 3.80. The monoisotopic (exact) mass is 357 g/mol. The Morgan fingerprint density at radius 3 is 2.32 bits per heavy atom. The maximum atomic E-state index is 11.8. The van der Waals surface area contributed by atoms with Crippen molar-refractivity contribution in [2.24, 2.45) is 0 Å². The highest BCUT2D eigenvalue weighted by Crippen LogP contribution is 2.13. The summed E-state index contributed by atoms with van der Waals surface area (Å²) < 4.78 is 5.63. The van der Waals surface area contributed by atoms with Gasteiger partial charge < -0.3 is 10.1 Å². The van der Waals surface area contributed by atoms with Crippen molar-refractivity contribution in [1.29, 1.82) is 0 Å². The lowest BCUT2D eigenvalue weighted by molar-refractivity contribution is -0.121. The van der Waals surface area contributed by atoms with Crippen molar-refractivity contribution in [2.45, 2.75) is 32.4 Å². The quantitative estimate of drug-likeness (QED) is 0.636. The van der Waals surface area contributed by atoms with Gasteiger partial charge in [0.2, 0.25) is 5.91 Å². The Bertz CT molecular complexity index is 638. The lowest BCUT2D eigenvalue weighted by Crippen LogP contribution is -2.25. The Kier molecular flexibility index (Phi) is 8.40. The predicted molar refractivity (Wildman–Crippen MR) is 106 cm³/mol. The standard InChI is InChI=1S/C21H27NO2S/c1-17-5-9-19(10-6-17)16-25-15-13-22-21(23)4-3-14-24-20-11-7-18(2)8-12-20/h5-12H,3-4,13-16H2,1-2H3,(H,22,23). The van der Waals surface area contributed by atoms with Crippen LogP contribution >= 0.6 is 11.8 Å². The SMILES string of the molecule is Cc1ccc(CSCCNC(=O)CCCOc2ccc(C)cc2)cc1. The topological polar surface area (TPSA) is 38.3 Å². The molecule has 0 aromatic heterocycles. The summed E-state index contributed by atoms with van der Waals surface area (Å²) in [5, 5.41) is 2.97. The molecular weight excluding hydrogens is 330 g/mol. The summed E-state index contributed by atoms with van der Waals surface area (Å²) in [6.07, 6.45) is 1.24. The average Bonchev–Trinajstić information content (AvgIpc) is 2.61. The molecule has 2 aromatic carbocycles. The van der Waals surface area contributed by atoms with Gasteiger partial charge in [-0.3, -0.25) is 4.79 Å². The highest BCUT2D eigenvalue weighted by atomic mass is 32.2. The van der Waals surface area contributed by atoms with E-state index in [1.54, 1.807) is 0 Å². The number of hydrogen-bond donors (Lipinski definition) is 1. The summed E-state index contributed by atoms with van der Waals surface area (Å²) in [4.78, 5) is 11.8. The molecular formula is C21H27NO2S. The number of carbonyl (C=O) groups excluding carboxylic acids is 1. The fraction of sp³-hybridized carbons (Fsp3) is 0.381. The van der Waals surface area contributed by atoms with Crippen LogP contribution in [-0.4, -0.2) is 24.8 Å². The molecule has 0 saturated carbocycles. The number of rotatable bonds is 10. The molecule has 0 aliphatic heterocycles. The number of ether oxygens (including phenoxy) is 1. The maximum Gasteiger partial charge on any atom is 0.220 e. The van der Waals surface area contributed by atoms with E-state index in [2.05, 4.69) is 36.5 Å². The normalized spacial score (nSPS) is 10.5. The second-order valence-electron chi connectivity index (χ2n) is 6.15. The number of aryl methyl sites for hydroxylation is 2.